The summed E-state index contributed by atoms with van der Waals surface area (Å²) in [6.07, 6.45) is 0. The van der Waals surface area contributed by atoms with Crippen molar-refractivity contribution in [1.82, 2.24) is 4.98 Å². The number of rotatable bonds is 5. The predicted molar refractivity (Wildman–Crippen MR) is 97.0 cm³/mol. The minimum absolute atomic E-state index is 0.0446. The lowest BCUT2D eigenvalue weighted by Gasteiger charge is -2.11. The van der Waals surface area contributed by atoms with Gasteiger partial charge in [-0.2, -0.15) is 4.73 Å². The van der Waals surface area contributed by atoms with Crippen molar-refractivity contribution in [3.8, 4) is 0 Å². The molecule has 0 unspecified atom stereocenters. The van der Waals surface area contributed by atoms with E-state index in [9.17, 15) is 14.8 Å². The summed E-state index contributed by atoms with van der Waals surface area (Å²) in [7, 11) is 0. The number of fused-ring (bicyclic) bond motifs is 1. The van der Waals surface area contributed by atoms with E-state index in [0.717, 1.165) is 5.56 Å². The van der Waals surface area contributed by atoms with Gasteiger partial charge in [0.1, 0.15) is 12.1 Å². The highest BCUT2D eigenvalue weighted by Crippen LogP contribution is 2.14. The van der Waals surface area contributed by atoms with Crippen LogP contribution < -0.4 is 4.73 Å². The number of carbonyl (C=O) groups is 2. The predicted octanol–water partition coefficient (Wildman–Crippen LogP) is 2.71. The van der Waals surface area contributed by atoms with Crippen LogP contribution in [0.5, 0.6) is 0 Å². The van der Waals surface area contributed by atoms with E-state index in [1.54, 1.807) is 49.4 Å². The van der Waals surface area contributed by atoms with Gasteiger partial charge in [-0.3, -0.25) is 0 Å². The van der Waals surface area contributed by atoms with Crippen LogP contribution in [0.4, 0.5) is 0 Å². The molecule has 0 spiro atoms. The molecule has 1 heterocycles. The fraction of sp³-hybridized carbons (Fsp3) is 0.200. The Morgan fingerprint density at radius 1 is 1.07 bits per heavy atom. The van der Waals surface area contributed by atoms with Crippen molar-refractivity contribution in [3.05, 3.63) is 76.3 Å². The lowest BCUT2D eigenvalue weighted by Crippen LogP contribution is -2.39. The molecule has 27 heavy (non-hydrogen) atoms. The molecule has 1 aromatic heterocycles. The van der Waals surface area contributed by atoms with Gasteiger partial charge in [0.15, 0.2) is 5.69 Å². The van der Waals surface area contributed by atoms with Gasteiger partial charge in [0.2, 0.25) is 5.52 Å². The molecule has 3 rings (SSSR count). The number of hydrogen-bond donors (Lipinski definition) is 0. The minimum Gasteiger partial charge on any atom is -0.618 e. The maximum atomic E-state index is 12.7. The zero-order valence-corrected chi connectivity index (χ0v) is 15.0. The summed E-state index contributed by atoms with van der Waals surface area (Å²) in [5.41, 5.74) is 1.67. The summed E-state index contributed by atoms with van der Waals surface area (Å²) in [6, 6.07) is 13.5. The average Bonchev–Trinajstić information content (AvgIpc) is 2.66. The van der Waals surface area contributed by atoms with Gasteiger partial charge in [0, 0.05) is 6.07 Å². The molecule has 0 bridgehead atoms. The van der Waals surface area contributed by atoms with Crippen molar-refractivity contribution in [3.63, 3.8) is 0 Å². The Labute approximate surface area is 155 Å². The van der Waals surface area contributed by atoms with Crippen molar-refractivity contribution in [2.75, 3.05) is 6.61 Å². The number of benzene rings is 2. The van der Waals surface area contributed by atoms with E-state index in [2.05, 4.69) is 4.98 Å². The van der Waals surface area contributed by atoms with Crippen LogP contribution in [0.2, 0.25) is 0 Å². The van der Waals surface area contributed by atoms with Crippen molar-refractivity contribution in [2.45, 2.75) is 20.5 Å². The van der Waals surface area contributed by atoms with Gasteiger partial charge in [0.25, 0.3) is 0 Å². The summed E-state index contributed by atoms with van der Waals surface area (Å²) < 4.78 is 10.7. The molecule has 0 radical (unpaired) electrons. The number of aryl methyl sites for hydroxylation is 1. The van der Waals surface area contributed by atoms with Gasteiger partial charge in [-0.05, 0) is 32.0 Å². The number of hydrogen-bond acceptors (Lipinski definition) is 6. The fourth-order valence-corrected chi connectivity index (χ4v) is 2.66. The summed E-state index contributed by atoms with van der Waals surface area (Å²) in [4.78, 5) is 28.9. The molecule has 0 aliphatic carbocycles. The fourth-order valence-electron chi connectivity index (χ4n) is 2.66. The van der Waals surface area contributed by atoms with Crippen LogP contribution in [0.25, 0.3) is 11.0 Å². The maximum Gasteiger partial charge on any atom is 0.407 e. The van der Waals surface area contributed by atoms with Gasteiger partial charge < -0.3 is 14.7 Å². The molecule has 0 atom stereocenters. The third-order valence-corrected chi connectivity index (χ3v) is 3.89. The van der Waals surface area contributed by atoms with Crippen molar-refractivity contribution < 1.29 is 23.8 Å². The van der Waals surface area contributed by atoms with E-state index in [0.29, 0.717) is 15.8 Å². The second-order valence-corrected chi connectivity index (χ2v) is 5.86. The smallest absolute Gasteiger partial charge is 0.407 e. The summed E-state index contributed by atoms with van der Waals surface area (Å²) in [5, 5.41) is 12.7. The second-order valence-electron chi connectivity index (χ2n) is 5.86. The molecule has 0 fully saturated rings. The summed E-state index contributed by atoms with van der Waals surface area (Å²) in [6.45, 7) is 3.28. The topological polar surface area (TPSA) is 92.4 Å². The minimum atomic E-state index is -0.813. The molecule has 0 N–H and O–H groups in total. The Morgan fingerprint density at radius 2 is 1.85 bits per heavy atom. The van der Waals surface area contributed by atoms with Crippen LogP contribution >= 0.6 is 0 Å². The SMILES string of the molecule is CCOC(=O)c1c(COC(=O)c2cccc(C)c2)nc2ccccc2[n+]1[O-]. The highest BCUT2D eigenvalue weighted by Gasteiger charge is 2.28. The van der Waals surface area contributed by atoms with Crippen molar-refractivity contribution in [2.24, 2.45) is 0 Å². The molecule has 0 saturated carbocycles. The molecule has 2 aromatic carbocycles. The normalized spacial score (nSPS) is 10.6. The summed E-state index contributed by atoms with van der Waals surface area (Å²) >= 11 is 0. The van der Waals surface area contributed by atoms with E-state index in [4.69, 9.17) is 9.47 Å². The Morgan fingerprint density at radius 3 is 2.59 bits per heavy atom. The summed E-state index contributed by atoms with van der Waals surface area (Å²) in [5.74, 6) is -1.38. The van der Waals surface area contributed by atoms with Crippen molar-refractivity contribution in [1.29, 1.82) is 0 Å². The molecular weight excluding hydrogens is 348 g/mol. The second kappa shape index (κ2) is 7.82. The zero-order valence-electron chi connectivity index (χ0n) is 15.0. The number of esters is 2. The first-order chi connectivity index (χ1) is 13.0. The van der Waals surface area contributed by atoms with E-state index in [1.165, 1.54) is 0 Å². The molecule has 0 saturated heterocycles. The number of carbonyl (C=O) groups excluding carboxylic acids is 2. The molecule has 0 aliphatic heterocycles. The van der Waals surface area contributed by atoms with Crippen LogP contribution in [0.15, 0.2) is 48.5 Å². The number of ether oxygens (including phenoxy) is 2. The Kier molecular flexibility index (Phi) is 5.30. The van der Waals surface area contributed by atoms with Gasteiger partial charge in [0.05, 0.1) is 12.2 Å². The third kappa shape index (κ3) is 3.87. The highest BCUT2D eigenvalue weighted by atomic mass is 16.5. The first kappa shape index (κ1) is 18.3. The lowest BCUT2D eigenvalue weighted by atomic mass is 10.1. The van der Waals surface area contributed by atoms with Crippen LogP contribution in [0.3, 0.4) is 0 Å². The molecule has 138 valence electrons. The van der Waals surface area contributed by atoms with E-state index in [1.807, 2.05) is 13.0 Å². The molecule has 0 amide bonds. The molecule has 0 aliphatic rings. The Bertz CT molecular complexity index is 1020. The van der Waals surface area contributed by atoms with Crippen molar-refractivity contribution >= 4 is 23.0 Å². The van der Waals surface area contributed by atoms with Crippen LogP contribution in [0.1, 0.15) is 39.0 Å². The number of aromatic nitrogens is 2. The lowest BCUT2D eigenvalue weighted by molar-refractivity contribution is -0.581. The average molecular weight is 366 g/mol. The van der Waals surface area contributed by atoms with Gasteiger partial charge >= 0.3 is 17.6 Å². The highest BCUT2D eigenvalue weighted by molar-refractivity contribution is 5.90. The molecule has 7 nitrogen and oxygen atoms in total. The molecule has 3 aromatic rings. The maximum absolute atomic E-state index is 12.7. The van der Waals surface area contributed by atoms with Gasteiger partial charge in [-0.15, -0.1) is 0 Å². The van der Waals surface area contributed by atoms with Gasteiger partial charge in [-0.1, -0.05) is 29.8 Å². The number of para-hydroxylation sites is 2. The van der Waals surface area contributed by atoms with E-state index in [-0.39, 0.29) is 30.1 Å². The monoisotopic (exact) mass is 366 g/mol. The molecular formula is C20H18N2O5. The quantitative estimate of drug-likeness (QED) is 0.392. The first-order valence-electron chi connectivity index (χ1n) is 8.43. The largest absolute Gasteiger partial charge is 0.618 e. The van der Waals surface area contributed by atoms with E-state index >= 15 is 0 Å². The third-order valence-electron chi connectivity index (χ3n) is 3.89. The van der Waals surface area contributed by atoms with Crippen LogP contribution in [-0.2, 0) is 16.1 Å². The Hall–Kier alpha value is -3.48. The van der Waals surface area contributed by atoms with E-state index < -0.39 is 11.9 Å². The standard InChI is InChI=1S/C20H18N2O5/c1-3-26-20(24)18-16(21-15-9-4-5-10-17(15)22(18)25)12-27-19(23)14-8-6-7-13(2)11-14/h4-11H,3,12H2,1-2H3. The number of nitrogens with zero attached hydrogens (tertiary/aromatic N) is 2. The van der Waals surface area contributed by atoms with Crippen LogP contribution in [0, 0.1) is 12.1 Å². The van der Waals surface area contributed by atoms with Gasteiger partial charge in [-0.25, -0.2) is 14.6 Å². The van der Waals surface area contributed by atoms with Crippen LogP contribution in [-0.4, -0.2) is 23.5 Å². The Balaban J connectivity index is 1.95. The molecule has 7 heteroatoms. The first-order valence-corrected chi connectivity index (χ1v) is 8.43. The zero-order chi connectivity index (χ0) is 19.4.